The topological polar surface area (TPSA) is 78.9 Å². The fourth-order valence-corrected chi connectivity index (χ4v) is 4.20. The zero-order valence-electron chi connectivity index (χ0n) is 14.0. The quantitative estimate of drug-likeness (QED) is 0.757. The third kappa shape index (κ3) is 2.71. The van der Waals surface area contributed by atoms with Crippen LogP contribution in [-0.4, -0.2) is 20.6 Å². The molecule has 25 heavy (non-hydrogen) atoms. The number of aromatic nitrogens is 2. The lowest BCUT2D eigenvalue weighted by Crippen LogP contribution is -1.98. The van der Waals surface area contributed by atoms with Crippen LogP contribution >= 0.6 is 11.3 Å². The van der Waals surface area contributed by atoms with Gasteiger partial charge in [0.05, 0.1) is 16.8 Å². The van der Waals surface area contributed by atoms with E-state index in [0.717, 1.165) is 34.5 Å². The third-order valence-electron chi connectivity index (χ3n) is 4.67. The Labute approximate surface area is 149 Å². The van der Waals surface area contributed by atoms with Crippen molar-refractivity contribution in [3.05, 3.63) is 40.0 Å². The fourth-order valence-electron chi connectivity index (χ4n) is 3.31. The number of carboxylic acids is 1. The summed E-state index contributed by atoms with van der Waals surface area (Å²) in [6.07, 6.45) is 4.46. The highest BCUT2D eigenvalue weighted by Crippen LogP contribution is 2.36. The maximum Gasteiger partial charge on any atom is 0.347 e. The molecule has 2 aromatic heterocycles. The Morgan fingerprint density at radius 3 is 2.80 bits per heavy atom. The van der Waals surface area contributed by atoms with Gasteiger partial charge in [-0.2, -0.15) is 5.26 Å². The summed E-state index contributed by atoms with van der Waals surface area (Å²) in [4.78, 5) is 16.0. The highest BCUT2D eigenvalue weighted by atomic mass is 32.1. The summed E-state index contributed by atoms with van der Waals surface area (Å²) >= 11 is 1.18. The van der Waals surface area contributed by atoms with Crippen molar-refractivity contribution >= 4 is 28.2 Å². The molecule has 4 rings (SSSR count). The maximum atomic E-state index is 11.3. The van der Waals surface area contributed by atoms with Gasteiger partial charge in [0.2, 0.25) is 0 Å². The van der Waals surface area contributed by atoms with Crippen LogP contribution in [0.3, 0.4) is 0 Å². The monoisotopic (exact) mass is 351 g/mol. The van der Waals surface area contributed by atoms with Gasteiger partial charge >= 0.3 is 5.97 Å². The molecule has 1 aliphatic rings. The summed E-state index contributed by atoms with van der Waals surface area (Å²) in [5.41, 5.74) is 4.23. The molecule has 0 radical (unpaired) electrons. The van der Waals surface area contributed by atoms with Gasteiger partial charge in [0.25, 0.3) is 0 Å². The molecule has 0 unspecified atom stereocenters. The molecule has 126 valence electrons. The van der Waals surface area contributed by atoms with E-state index in [0.29, 0.717) is 16.3 Å². The van der Waals surface area contributed by atoms with Crippen molar-refractivity contribution in [3.8, 4) is 16.6 Å². The van der Waals surface area contributed by atoms with Gasteiger partial charge in [-0.1, -0.05) is 0 Å². The minimum Gasteiger partial charge on any atom is -0.477 e. The first-order valence-electron chi connectivity index (χ1n) is 8.22. The minimum absolute atomic E-state index is 0.263. The van der Waals surface area contributed by atoms with E-state index in [1.54, 1.807) is 6.92 Å². The number of aromatic carboxylic acids is 1. The molecule has 1 N–H and O–H groups in total. The zero-order valence-corrected chi connectivity index (χ0v) is 14.9. The Balaban J connectivity index is 1.88. The van der Waals surface area contributed by atoms with E-state index in [1.807, 2.05) is 25.3 Å². The van der Waals surface area contributed by atoms with Crippen molar-refractivity contribution in [3.63, 3.8) is 0 Å². The van der Waals surface area contributed by atoms with E-state index >= 15 is 0 Å². The number of carboxylic acid groups (broad SMARTS) is 1. The summed E-state index contributed by atoms with van der Waals surface area (Å²) in [6.45, 7) is 4.70. The molecule has 5 nitrogen and oxygen atoms in total. The van der Waals surface area contributed by atoms with Crippen LogP contribution < -0.4 is 0 Å². The van der Waals surface area contributed by atoms with E-state index in [4.69, 9.17) is 0 Å². The van der Waals surface area contributed by atoms with E-state index in [9.17, 15) is 15.2 Å². The number of fused-ring (bicyclic) bond motifs is 1. The first kappa shape index (κ1) is 15.9. The summed E-state index contributed by atoms with van der Waals surface area (Å²) in [5, 5.41) is 20.4. The molecule has 0 aliphatic heterocycles. The SMILES string of the molecule is Cc1nc(-c2cc(C)c3c(c2)c(C#N)cn3CC2CC2)sc1C(=O)O. The lowest BCUT2D eigenvalue weighted by atomic mass is 10.1. The van der Waals surface area contributed by atoms with Gasteiger partial charge in [-0.15, -0.1) is 11.3 Å². The molecule has 0 saturated heterocycles. The molecule has 6 heteroatoms. The van der Waals surface area contributed by atoms with Gasteiger partial charge in [0, 0.05) is 23.7 Å². The number of benzene rings is 1. The second-order valence-corrected chi connectivity index (χ2v) is 7.68. The van der Waals surface area contributed by atoms with Crippen molar-refractivity contribution in [2.75, 3.05) is 0 Å². The summed E-state index contributed by atoms with van der Waals surface area (Å²) < 4.78 is 2.19. The highest BCUT2D eigenvalue weighted by Gasteiger charge is 2.24. The lowest BCUT2D eigenvalue weighted by Gasteiger charge is -2.08. The van der Waals surface area contributed by atoms with Crippen molar-refractivity contribution in [2.24, 2.45) is 5.92 Å². The molecular formula is C19H17N3O2S. The predicted octanol–water partition coefficient (Wildman–Crippen LogP) is 4.36. The van der Waals surface area contributed by atoms with E-state index in [2.05, 4.69) is 15.6 Å². The Morgan fingerprint density at radius 2 is 2.20 bits per heavy atom. The van der Waals surface area contributed by atoms with Gasteiger partial charge in [-0.25, -0.2) is 9.78 Å². The van der Waals surface area contributed by atoms with Crippen LogP contribution in [-0.2, 0) is 6.54 Å². The fraction of sp³-hybridized carbons (Fsp3) is 0.316. The summed E-state index contributed by atoms with van der Waals surface area (Å²) in [6, 6.07) is 6.30. The molecule has 3 aromatic rings. The third-order valence-corrected chi connectivity index (χ3v) is 5.87. The number of thiazole rings is 1. The standard InChI is InChI=1S/C19H17N3O2S/c1-10-5-13(18-21-11(2)17(25-18)19(23)24)6-15-14(7-20)9-22(16(10)15)8-12-3-4-12/h5-6,9,12H,3-4,8H2,1-2H3,(H,23,24). The first-order valence-corrected chi connectivity index (χ1v) is 9.04. The molecule has 0 amide bonds. The van der Waals surface area contributed by atoms with Crippen LogP contribution in [0.15, 0.2) is 18.3 Å². The van der Waals surface area contributed by atoms with Crippen LogP contribution in [0.1, 0.15) is 39.3 Å². The van der Waals surface area contributed by atoms with E-state index in [1.165, 1.54) is 24.2 Å². The average Bonchev–Trinajstić information content (AvgIpc) is 3.18. The molecule has 1 fully saturated rings. The lowest BCUT2D eigenvalue weighted by molar-refractivity contribution is 0.0701. The van der Waals surface area contributed by atoms with E-state index in [-0.39, 0.29) is 4.88 Å². The molecule has 1 aromatic carbocycles. The Morgan fingerprint density at radius 1 is 1.44 bits per heavy atom. The van der Waals surface area contributed by atoms with Crippen LogP contribution in [0, 0.1) is 31.1 Å². The molecule has 1 aliphatic carbocycles. The van der Waals surface area contributed by atoms with Crippen molar-refractivity contribution < 1.29 is 9.90 Å². The number of hydrogen-bond acceptors (Lipinski definition) is 4. The number of nitriles is 1. The van der Waals surface area contributed by atoms with Crippen molar-refractivity contribution in [1.29, 1.82) is 5.26 Å². The number of rotatable bonds is 4. The predicted molar refractivity (Wildman–Crippen MR) is 96.9 cm³/mol. The average molecular weight is 351 g/mol. The molecule has 0 spiro atoms. The van der Waals surface area contributed by atoms with Gasteiger partial charge < -0.3 is 9.67 Å². The molecule has 1 saturated carbocycles. The smallest absolute Gasteiger partial charge is 0.347 e. The first-order chi connectivity index (χ1) is 12.0. The second kappa shape index (κ2) is 5.71. The van der Waals surface area contributed by atoms with Crippen LogP contribution in [0.25, 0.3) is 21.5 Å². The van der Waals surface area contributed by atoms with Gasteiger partial charge in [-0.3, -0.25) is 0 Å². The van der Waals surface area contributed by atoms with E-state index < -0.39 is 5.97 Å². The van der Waals surface area contributed by atoms with Gasteiger partial charge in [0.1, 0.15) is 16.0 Å². The van der Waals surface area contributed by atoms with Crippen molar-refractivity contribution in [1.82, 2.24) is 9.55 Å². The molecular weight excluding hydrogens is 334 g/mol. The number of nitrogens with zero attached hydrogens (tertiary/aromatic N) is 3. The Kier molecular flexibility index (Phi) is 3.62. The van der Waals surface area contributed by atoms with Crippen LogP contribution in [0.2, 0.25) is 0 Å². The van der Waals surface area contributed by atoms with Crippen LogP contribution in [0.4, 0.5) is 0 Å². The molecule has 0 bridgehead atoms. The zero-order chi connectivity index (χ0) is 17.7. The second-order valence-electron chi connectivity index (χ2n) is 6.68. The normalized spacial score (nSPS) is 14.0. The summed E-state index contributed by atoms with van der Waals surface area (Å²) in [5.74, 6) is -0.228. The van der Waals surface area contributed by atoms with Crippen LogP contribution in [0.5, 0.6) is 0 Å². The maximum absolute atomic E-state index is 11.3. The largest absolute Gasteiger partial charge is 0.477 e. The van der Waals surface area contributed by atoms with Crippen molar-refractivity contribution in [2.45, 2.75) is 33.2 Å². The Hall–Kier alpha value is -2.65. The highest BCUT2D eigenvalue weighted by molar-refractivity contribution is 7.17. The van der Waals surface area contributed by atoms with Gasteiger partial charge in [-0.05, 0) is 50.3 Å². The van der Waals surface area contributed by atoms with Gasteiger partial charge in [0.15, 0.2) is 0 Å². The number of carbonyl (C=O) groups is 1. The Bertz CT molecular complexity index is 1050. The molecule has 0 atom stereocenters. The number of aryl methyl sites for hydroxylation is 2. The molecule has 2 heterocycles. The minimum atomic E-state index is -0.952. The number of hydrogen-bond donors (Lipinski definition) is 1. The summed E-state index contributed by atoms with van der Waals surface area (Å²) in [7, 11) is 0.